The SMILES string of the molecule is C#CCCC[C@@H]1C[C@H]1OC(=O)C[C@H](C(=O)O)C1CCCC1. The first-order valence-electron chi connectivity index (χ1n) is 7.97. The maximum absolute atomic E-state index is 11.9. The van der Waals surface area contributed by atoms with Crippen molar-refractivity contribution in [1.29, 1.82) is 0 Å². The van der Waals surface area contributed by atoms with Crippen molar-refractivity contribution in [3.63, 3.8) is 0 Å². The van der Waals surface area contributed by atoms with Crippen molar-refractivity contribution in [2.75, 3.05) is 0 Å². The van der Waals surface area contributed by atoms with Crippen LogP contribution in [0, 0.1) is 30.1 Å². The van der Waals surface area contributed by atoms with E-state index in [4.69, 9.17) is 11.2 Å². The number of hydrogen-bond acceptors (Lipinski definition) is 3. The molecule has 2 rings (SSSR count). The fraction of sp³-hybridized carbons (Fsp3) is 0.765. The smallest absolute Gasteiger partial charge is 0.307 e. The second kappa shape index (κ2) is 7.49. The largest absolute Gasteiger partial charge is 0.481 e. The third-order valence-corrected chi connectivity index (χ3v) is 4.71. The average molecular weight is 292 g/mol. The van der Waals surface area contributed by atoms with Crippen LogP contribution in [-0.2, 0) is 14.3 Å². The second-order valence-corrected chi connectivity index (χ2v) is 6.31. The topological polar surface area (TPSA) is 63.6 Å². The summed E-state index contributed by atoms with van der Waals surface area (Å²) in [4.78, 5) is 23.3. The van der Waals surface area contributed by atoms with E-state index < -0.39 is 11.9 Å². The fourth-order valence-electron chi connectivity index (χ4n) is 3.35. The summed E-state index contributed by atoms with van der Waals surface area (Å²) in [6, 6.07) is 0. The molecule has 4 heteroatoms. The van der Waals surface area contributed by atoms with Gasteiger partial charge in [0.1, 0.15) is 6.10 Å². The van der Waals surface area contributed by atoms with Crippen LogP contribution in [0.15, 0.2) is 0 Å². The standard InChI is InChI=1S/C17H24O4/c1-2-3-4-9-13-10-15(13)21-16(18)11-14(17(19)20)12-7-5-6-8-12/h1,12-15H,3-11H2,(H,19,20)/t13-,14+,15-/m1/s1. The van der Waals surface area contributed by atoms with Crippen molar-refractivity contribution >= 4 is 11.9 Å². The molecule has 4 nitrogen and oxygen atoms in total. The van der Waals surface area contributed by atoms with Gasteiger partial charge in [-0.25, -0.2) is 0 Å². The number of esters is 1. The van der Waals surface area contributed by atoms with Crippen LogP contribution in [0.2, 0.25) is 0 Å². The van der Waals surface area contributed by atoms with Gasteiger partial charge in [-0.1, -0.05) is 12.8 Å². The first kappa shape index (κ1) is 15.9. The first-order chi connectivity index (χ1) is 10.1. The molecule has 0 aromatic heterocycles. The van der Waals surface area contributed by atoms with Crippen LogP contribution in [0.1, 0.15) is 57.8 Å². The van der Waals surface area contributed by atoms with Gasteiger partial charge in [-0.15, -0.1) is 12.3 Å². The van der Waals surface area contributed by atoms with Gasteiger partial charge < -0.3 is 9.84 Å². The van der Waals surface area contributed by atoms with Crippen molar-refractivity contribution in [3.05, 3.63) is 0 Å². The van der Waals surface area contributed by atoms with Gasteiger partial charge in [0.15, 0.2) is 0 Å². The number of ether oxygens (including phenoxy) is 1. The number of terminal acetylenes is 1. The number of hydrogen-bond donors (Lipinski definition) is 1. The summed E-state index contributed by atoms with van der Waals surface area (Å²) in [6.45, 7) is 0. The third kappa shape index (κ3) is 4.77. The lowest BCUT2D eigenvalue weighted by atomic mass is 9.88. The quantitative estimate of drug-likeness (QED) is 0.424. The highest BCUT2D eigenvalue weighted by Gasteiger charge is 2.41. The van der Waals surface area contributed by atoms with Gasteiger partial charge in [0, 0.05) is 6.42 Å². The maximum Gasteiger partial charge on any atom is 0.307 e. The highest BCUT2D eigenvalue weighted by molar-refractivity contribution is 5.79. The van der Waals surface area contributed by atoms with Crippen LogP contribution in [0.4, 0.5) is 0 Å². The summed E-state index contributed by atoms with van der Waals surface area (Å²) < 4.78 is 5.39. The molecule has 2 aliphatic rings. The lowest BCUT2D eigenvalue weighted by Crippen LogP contribution is -2.26. The van der Waals surface area contributed by atoms with E-state index in [9.17, 15) is 14.7 Å². The number of carboxylic acid groups (broad SMARTS) is 1. The van der Waals surface area contributed by atoms with Crippen molar-refractivity contribution in [3.8, 4) is 12.3 Å². The molecule has 0 heterocycles. The van der Waals surface area contributed by atoms with Crippen LogP contribution in [0.3, 0.4) is 0 Å². The van der Waals surface area contributed by atoms with Gasteiger partial charge >= 0.3 is 11.9 Å². The Labute approximate surface area is 126 Å². The maximum atomic E-state index is 11.9. The first-order valence-corrected chi connectivity index (χ1v) is 7.97. The fourth-order valence-corrected chi connectivity index (χ4v) is 3.35. The van der Waals surface area contributed by atoms with Crippen molar-refractivity contribution in [2.24, 2.45) is 17.8 Å². The molecule has 2 aliphatic carbocycles. The minimum atomic E-state index is -0.861. The minimum absolute atomic E-state index is 0.00621. The van der Waals surface area contributed by atoms with E-state index in [1.54, 1.807) is 0 Å². The molecule has 2 saturated carbocycles. The summed E-state index contributed by atoms with van der Waals surface area (Å²) in [6.07, 6.45) is 12.8. The van der Waals surface area contributed by atoms with Gasteiger partial charge in [0.2, 0.25) is 0 Å². The zero-order valence-corrected chi connectivity index (χ0v) is 12.4. The summed E-state index contributed by atoms with van der Waals surface area (Å²) in [5.41, 5.74) is 0. The highest BCUT2D eigenvalue weighted by Crippen LogP contribution is 2.39. The molecule has 0 spiro atoms. The van der Waals surface area contributed by atoms with Gasteiger partial charge in [0.25, 0.3) is 0 Å². The van der Waals surface area contributed by atoms with E-state index in [1.807, 2.05) is 0 Å². The average Bonchev–Trinajstić information content (AvgIpc) is 2.95. The summed E-state index contributed by atoms with van der Waals surface area (Å²) in [5.74, 6) is 1.39. The van der Waals surface area contributed by atoms with Crippen molar-refractivity contribution < 1.29 is 19.4 Å². The van der Waals surface area contributed by atoms with E-state index >= 15 is 0 Å². The van der Waals surface area contributed by atoms with Crippen LogP contribution in [-0.4, -0.2) is 23.1 Å². The van der Waals surface area contributed by atoms with Crippen LogP contribution < -0.4 is 0 Å². The lowest BCUT2D eigenvalue weighted by Gasteiger charge is -2.18. The zero-order chi connectivity index (χ0) is 15.2. The summed E-state index contributed by atoms with van der Waals surface area (Å²) >= 11 is 0. The number of unbranched alkanes of at least 4 members (excludes halogenated alkanes) is 1. The van der Waals surface area contributed by atoms with Crippen molar-refractivity contribution in [1.82, 2.24) is 0 Å². The Kier molecular flexibility index (Phi) is 5.67. The zero-order valence-electron chi connectivity index (χ0n) is 12.4. The molecule has 116 valence electrons. The summed E-state index contributed by atoms with van der Waals surface area (Å²) in [7, 11) is 0. The van der Waals surface area contributed by atoms with Crippen LogP contribution >= 0.6 is 0 Å². The molecule has 0 bridgehead atoms. The van der Waals surface area contributed by atoms with Crippen LogP contribution in [0.5, 0.6) is 0 Å². The normalized spacial score (nSPS) is 26.0. The molecule has 0 radical (unpaired) electrons. The monoisotopic (exact) mass is 292 g/mol. The van der Waals surface area contributed by atoms with Gasteiger partial charge in [0.05, 0.1) is 12.3 Å². The molecule has 21 heavy (non-hydrogen) atoms. The molecule has 0 aliphatic heterocycles. The van der Waals surface area contributed by atoms with Gasteiger partial charge in [-0.3, -0.25) is 9.59 Å². The Morgan fingerprint density at radius 1 is 1.33 bits per heavy atom. The predicted octanol–water partition coefficient (Wildman–Crippen LogP) is 3.00. The number of rotatable bonds is 8. The predicted molar refractivity (Wildman–Crippen MR) is 78.4 cm³/mol. The minimum Gasteiger partial charge on any atom is -0.481 e. The molecule has 0 aromatic rings. The van der Waals surface area contributed by atoms with Crippen molar-refractivity contribution in [2.45, 2.75) is 63.9 Å². The van der Waals surface area contributed by atoms with E-state index in [0.29, 0.717) is 5.92 Å². The van der Waals surface area contributed by atoms with Gasteiger partial charge in [-0.2, -0.15) is 0 Å². The number of aliphatic carboxylic acids is 1. The Balaban J connectivity index is 1.71. The Morgan fingerprint density at radius 3 is 2.67 bits per heavy atom. The summed E-state index contributed by atoms with van der Waals surface area (Å²) in [5, 5.41) is 9.30. The molecule has 0 aromatic carbocycles. The second-order valence-electron chi connectivity index (χ2n) is 6.31. The molecule has 1 N–H and O–H groups in total. The number of carbonyl (C=O) groups is 2. The lowest BCUT2D eigenvalue weighted by molar-refractivity contribution is -0.154. The highest BCUT2D eigenvalue weighted by atomic mass is 16.5. The molecule has 2 fully saturated rings. The Morgan fingerprint density at radius 2 is 2.05 bits per heavy atom. The van der Waals surface area contributed by atoms with E-state index in [-0.39, 0.29) is 24.4 Å². The van der Waals surface area contributed by atoms with E-state index in [0.717, 1.165) is 51.4 Å². The van der Waals surface area contributed by atoms with E-state index in [1.165, 1.54) is 0 Å². The van der Waals surface area contributed by atoms with Crippen LogP contribution in [0.25, 0.3) is 0 Å². The molecule has 0 unspecified atom stereocenters. The number of carboxylic acids is 1. The number of carbonyl (C=O) groups excluding carboxylic acids is 1. The molecule has 3 atom stereocenters. The Bertz CT molecular complexity index is 417. The third-order valence-electron chi connectivity index (χ3n) is 4.71. The van der Waals surface area contributed by atoms with E-state index in [2.05, 4.69) is 5.92 Å². The molecular formula is C17H24O4. The molecule has 0 amide bonds. The van der Waals surface area contributed by atoms with Gasteiger partial charge in [-0.05, 0) is 43.9 Å². The molecule has 0 saturated heterocycles. The molecular weight excluding hydrogens is 268 g/mol. The Hall–Kier alpha value is -1.50.